The lowest BCUT2D eigenvalue weighted by atomic mass is 10.1. The number of nitrogens with zero attached hydrogens (tertiary/aromatic N) is 2. The van der Waals surface area contributed by atoms with Gasteiger partial charge in [-0.1, -0.05) is 30.3 Å². The predicted octanol–water partition coefficient (Wildman–Crippen LogP) is 3.06. The van der Waals surface area contributed by atoms with E-state index in [1.165, 1.54) is 17.8 Å². The third kappa shape index (κ3) is 4.87. The second-order valence-electron chi connectivity index (χ2n) is 7.76. The number of rotatable bonds is 5. The van der Waals surface area contributed by atoms with Crippen molar-refractivity contribution in [1.82, 2.24) is 9.80 Å². The third-order valence-corrected chi connectivity index (χ3v) is 8.66. The van der Waals surface area contributed by atoms with Crippen LogP contribution in [0.2, 0.25) is 0 Å². The third-order valence-electron chi connectivity index (χ3n) is 5.78. The van der Waals surface area contributed by atoms with Gasteiger partial charge in [-0.15, -0.1) is 11.8 Å². The van der Waals surface area contributed by atoms with E-state index in [1.54, 1.807) is 12.1 Å². The highest BCUT2D eigenvalue weighted by Gasteiger charge is 2.34. The summed E-state index contributed by atoms with van der Waals surface area (Å²) in [6, 6.07) is 14.2. The zero-order valence-electron chi connectivity index (χ0n) is 16.7. The molecule has 2 aliphatic rings. The molecule has 1 amide bonds. The smallest absolute Gasteiger partial charge is 0.255 e. The van der Waals surface area contributed by atoms with Crippen LogP contribution in [-0.4, -0.2) is 67.9 Å². The highest BCUT2D eigenvalue weighted by atomic mass is 32.2. The Labute approximate surface area is 181 Å². The van der Waals surface area contributed by atoms with Gasteiger partial charge in [-0.3, -0.25) is 9.69 Å². The highest BCUT2D eigenvalue weighted by Crippen LogP contribution is 2.28. The van der Waals surface area contributed by atoms with Gasteiger partial charge in [0, 0.05) is 42.9 Å². The Balaban J connectivity index is 1.39. The van der Waals surface area contributed by atoms with Gasteiger partial charge in [0.2, 0.25) is 0 Å². The number of hydrogen-bond donors (Lipinski definition) is 0. The number of carbonyl (C=O) groups is 1. The number of carbonyl (C=O) groups excluding carboxylic acids is 1. The maximum absolute atomic E-state index is 13.9. The lowest BCUT2D eigenvalue weighted by Crippen LogP contribution is -2.52. The maximum atomic E-state index is 13.9. The molecule has 0 bridgehead atoms. The second-order valence-corrected chi connectivity index (χ2v) is 11.0. The zero-order chi connectivity index (χ0) is 21.1. The Morgan fingerprint density at radius 2 is 1.73 bits per heavy atom. The van der Waals surface area contributed by atoms with Crippen LogP contribution < -0.4 is 0 Å². The zero-order valence-corrected chi connectivity index (χ0v) is 18.3. The average Bonchev–Trinajstić information content (AvgIpc) is 3.13. The molecule has 0 N–H and O–H groups in total. The minimum atomic E-state index is -2.91. The summed E-state index contributed by atoms with van der Waals surface area (Å²) in [7, 11) is -2.91. The molecular formula is C22H25FN2O3S2. The Morgan fingerprint density at radius 3 is 2.43 bits per heavy atom. The summed E-state index contributed by atoms with van der Waals surface area (Å²) in [5, 5.41) is 0. The summed E-state index contributed by atoms with van der Waals surface area (Å²) in [6.45, 7) is 2.55. The van der Waals surface area contributed by atoms with Crippen molar-refractivity contribution in [1.29, 1.82) is 0 Å². The number of benzene rings is 2. The SMILES string of the molecule is O=C(c1ccccc1SCc1ccccc1F)N1CCN(C2CCS(=O)(=O)C2)CC1. The molecule has 0 radical (unpaired) electrons. The molecule has 1 unspecified atom stereocenters. The van der Waals surface area contributed by atoms with Crippen molar-refractivity contribution in [2.75, 3.05) is 37.7 Å². The van der Waals surface area contributed by atoms with E-state index in [9.17, 15) is 17.6 Å². The van der Waals surface area contributed by atoms with Gasteiger partial charge in [-0.05, 0) is 30.2 Å². The maximum Gasteiger partial charge on any atom is 0.255 e. The van der Waals surface area contributed by atoms with Crippen molar-refractivity contribution in [3.05, 3.63) is 65.5 Å². The number of amides is 1. The molecule has 2 heterocycles. The largest absolute Gasteiger partial charge is 0.336 e. The second kappa shape index (κ2) is 9.08. The van der Waals surface area contributed by atoms with Crippen LogP contribution in [-0.2, 0) is 15.6 Å². The fourth-order valence-electron chi connectivity index (χ4n) is 4.06. The fraction of sp³-hybridized carbons (Fsp3) is 0.409. The first-order valence-electron chi connectivity index (χ1n) is 10.1. The average molecular weight is 449 g/mol. The van der Waals surface area contributed by atoms with Gasteiger partial charge in [0.25, 0.3) is 5.91 Å². The van der Waals surface area contributed by atoms with E-state index in [0.717, 1.165) is 4.90 Å². The van der Waals surface area contributed by atoms with Gasteiger partial charge in [0.05, 0.1) is 17.1 Å². The lowest BCUT2D eigenvalue weighted by molar-refractivity contribution is 0.0584. The van der Waals surface area contributed by atoms with Gasteiger partial charge < -0.3 is 4.90 Å². The number of thioether (sulfide) groups is 1. The molecule has 2 saturated heterocycles. The van der Waals surface area contributed by atoms with Crippen molar-refractivity contribution in [3.8, 4) is 0 Å². The molecule has 2 aliphatic heterocycles. The van der Waals surface area contributed by atoms with Crippen molar-refractivity contribution in [2.45, 2.75) is 23.1 Å². The molecular weight excluding hydrogens is 423 g/mol. The van der Waals surface area contributed by atoms with Crippen molar-refractivity contribution < 1.29 is 17.6 Å². The number of halogens is 1. The van der Waals surface area contributed by atoms with Crippen molar-refractivity contribution in [3.63, 3.8) is 0 Å². The van der Waals surface area contributed by atoms with E-state index in [2.05, 4.69) is 4.90 Å². The van der Waals surface area contributed by atoms with E-state index >= 15 is 0 Å². The molecule has 5 nitrogen and oxygen atoms in total. The van der Waals surface area contributed by atoms with Gasteiger partial charge in [-0.25, -0.2) is 12.8 Å². The minimum absolute atomic E-state index is 0.0228. The van der Waals surface area contributed by atoms with Gasteiger partial charge in [-0.2, -0.15) is 0 Å². The number of hydrogen-bond acceptors (Lipinski definition) is 5. The summed E-state index contributed by atoms with van der Waals surface area (Å²) in [5.74, 6) is 0.699. The Morgan fingerprint density at radius 1 is 1.03 bits per heavy atom. The molecule has 0 spiro atoms. The summed E-state index contributed by atoms with van der Waals surface area (Å²) >= 11 is 1.46. The molecule has 2 aromatic carbocycles. The van der Waals surface area contributed by atoms with Crippen molar-refractivity contribution >= 4 is 27.5 Å². The standard InChI is InChI=1S/C22H25FN2O3S2/c23-20-7-3-1-5-17(20)15-29-21-8-4-2-6-19(21)22(26)25-12-10-24(11-13-25)18-9-14-30(27,28)16-18/h1-8,18H,9-16H2. The first kappa shape index (κ1) is 21.3. The Bertz CT molecular complexity index is 1020. The van der Waals surface area contributed by atoms with E-state index in [4.69, 9.17) is 0 Å². The van der Waals surface area contributed by atoms with E-state index < -0.39 is 9.84 Å². The van der Waals surface area contributed by atoms with Crippen LogP contribution in [0.25, 0.3) is 0 Å². The van der Waals surface area contributed by atoms with E-state index in [-0.39, 0.29) is 29.3 Å². The summed E-state index contributed by atoms with van der Waals surface area (Å²) in [4.78, 5) is 18.0. The molecule has 160 valence electrons. The van der Waals surface area contributed by atoms with Crippen LogP contribution in [0.3, 0.4) is 0 Å². The van der Waals surface area contributed by atoms with Gasteiger partial charge in [0.15, 0.2) is 9.84 Å². The summed E-state index contributed by atoms with van der Waals surface area (Å²) in [5.41, 5.74) is 1.25. The van der Waals surface area contributed by atoms with Crippen LogP contribution in [0, 0.1) is 5.82 Å². The molecule has 0 aromatic heterocycles. The molecule has 4 rings (SSSR count). The van der Waals surface area contributed by atoms with Crippen LogP contribution in [0.4, 0.5) is 4.39 Å². The number of piperazine rings is 1. The van der Waals surface area contributed by atoms with Crippen LogP contribution in [0.15, 0.2) is 53.4 Å². The molecule has 30 heavy (non-hydrogen) atoms. The summed E-state index contributed by atoms with van der Waals surface area (Å²) in [6.07, 6.45) is 0.686. The monoisotopic (exact) mass is 448 g/mol. The normalized spacial score (nSPS) is 21.6. The first-order chi connectivity index (χ1) is 14.4. The van der Waals surface area contributed by atoms with Crippen LogP contribution in [0.1, 0.15) is 22.3 Å². The lowest BCUT2D eigenvalue weighted by Gasteiger charge is -2.37. The topological polar surface area (TPSA) is 57.7 Å². The molecule has 8 heteroatoms. The Hall–Kier alpha value is -1.90. The van der Waals surface area contributed by atoms with Crippen LogP contribution >= 0.6 is 11.8 Å². The van der Waals surface area contributed by atoms with Crippen LogP contribution in [0.5, 0.6) is 0 Å². The van der Waals surface area contributed by atoms with Gasteiger partial charge >= 0.3 is 0 Å². The molecule has 0 saturated carbocycles. The minimum Gasteiger partial charge on any atom is -0.336 e. The molecule has 2 aromatic rings. The van der Waals surface area contributed by atoms with E-state index in [1.807, 2.05) is 35.2 Å². The predicted molar refractivity (Wildman–Crippen MR) is 117 cm³/mol. The molecule has 1 atom stereocenters. The Kier molecular flexibility index (Phi) is 6.46. The fourth-order valence-corrected chi connectivity index (χ4v) is 6.86. The van der Waals surface area contributed by atoms with E-state index in [0.29, 0.717) is 49.5 Å². The first-order valence-corrected chi connectivity index (χ1v) is 12.9. The van der Waals surface area contributed by atoms with Gasteiger partial charge in [0.1, 0.15) is 5.82 Å². The highest BCUT2D eigenvalue weighted by molar-refractivity contribution is 7.98. The molecule has 2 fully saturated rings. The van der Waals surface area contributed by atoms with Crippen molar-refractivity contribution in [2.24, 2.45) is 0 Å². The summed E-state index contributed by atoms with van der Waals surface area (Å²) < 4.78 is 37.4. The quantitative estimate of drug-likeness (QED) is 0.658. The molecule has 0 aliphatic carbocycles. The number of sulfone groups is 1.